The van der Waals surface area contributed by atoms with Crippen LogP contribution in [0.4, 0.5) is 5.69 Å². The fourth-order valence-electron chi connectivity index (χ4n) is 3.93. The maximum absolute atomic E-state index is 12.5. The second-order valence-electron chi connectivity index (χ2n) is 6.74. The van der Waals surface area contributed by atoms with Crippen molar-refractivity contribution in [1.29, 1.82) is 0 Å². The number of carbonyl (C=O) groups excluding carboxylic acids is 1. The first-order valence-corrected chi connectivity index (χ1v) is 9.60. The van der Waals surface area contributed by atoms with Gasteiger partial charge >= 0.3 is 0 Å². The molecule has 4 heteroatoms. The van der Waals surface area contributed by atoms with Crippen LogP contribution in [0.25, 0.3) is 11.6 Å². The van der Waals surface area contributed by atoms with Gasteiger partial charge in [0.25, 0.3) is 5.91 Å². The van der Waals surface area contributed by atoms with Gasteiger partial charge in [-0.25, -0.2) is 0 Å². The van der Waals surface area contributed by atoms with E-state index in [1.165, 1.54) is 24.0 Å². The lowest BCUT2D eigenvalue weighted by Gasteiger charge is -2.09. The van der Waals surface area contributed by atoms with E-state index in [0.717, 1.165) is 54.0 Å². The fourth-order valence-corrected chi connectivity index (χ4v) is 4.15. The zero-order valence-corrected chi connectivity index (χ0v) is 15.2. The summed E-state index contributed by atoms with van der Waals surface area (Å²) < 4.78 is 6.15. The lowest BCUT2D eigenvalue weighted by atomic mass is 9.93. The maximum atomic E-state index is 12.5. The number of fused-ring (bicyclic) bond motifs is 2. The molecule has 0 unspecified atom stereocenters. The molecule has 2 aliphatic rings. The average molecular weight is 356 g/mol. The summed E-state index contributed by atoms with van der Waals surface area (Å²) in [6.07, 6.45) is 8.17. The van der Waals surface area contributed by atoms with E-state index in [1.807, 2.05) is 18.2 Å². The van der Waals surface area contributed by atoms with Gasteiger partial charge in [-0.15, -0.1) is 11.6 Å². The van der Waals surface area contributed by atoms with Crippen molar-refractivity contribution >= 4 is 34.8 Å². The van der Waals surface area contributed by atoms with Crippen molar-refractivity contribution in [1.82, 2.24) is 0 Å². The largest absolute Gasteiger partial charge is 0.461 e. The Morgan fingerprint density at radius 2 is 2.12 bits per heavy atom. The number of benzene rings is 1. The van der Waals surface area contributed by atoms with Gasteiger partial charge in [-0.3, -0.25) is 4.79 Å². The topological polar surface area (TPSA) is 42.2 Å². The number of halogens is 1. The summed E-state index contributed by atoms with van der Waals surface area (Å²) in [7, 11) is 0. The molecule has 1 amide bonds. The molecule has 0 atom stereocenters. The molecule has 0 fully saturated rings. The smallest absolute Gasteiger partial charge is 0.256 e. The first-order chi connectivity index (χ1) is 12.2. The molecule has 1 aliphatic carbocycles. The van der Waals surface area contributed by atoms with Gasteiger partial charge in [0.05, 0.1) is 5.57 Å². The van der Waals surface area contributed by atoms with Crippen LogP contribution in [0.2, 0.25) is 0 Å². The van der Waals surface area contributed by atoms with Crippen molar-refractivity contribution in [3.63, 3.8) is 0 Å². The van der Waals surface area contributed by atoms with Gasteiger partial charge in [-0.05, 0) is 61.4 Å². The molecular weight excluding hydrogens is 334 g/mol. The average Bonchev–Trinajstić information content (AvgIpc) is 3.13. The van der Waals surface area contributed by atoms with E-state index in [0.29, 0.717) is 11.5 Å². The molecule has 1 aromatic heterocycles. The number of carbonyl (C=O) groups is 1. The van der Waals surface area contributed by atoms with Crippen molar-refractivity contribution in [2.24, 2.45) is 0 Å². The normalized spacial score (nSPS) is 17.5. The zero-order valence-electron chi connectivity index (χ0n) is 14.5. The third-order valence-corrected chi connectivity index (χ3v) is 5.38. The number of nitrogens with one attached hydrogen (secondary N) is 1. The van der Waals surface area contributed by atoms with Gasteiger partial charge in [-0.2, -0.15) is 0 Å². The summed E-state index contributed by atoms with van der Waals surface area (Å²) in [5, 5.41) is 2.95. The number of furan rings is 1. The summed E-state index contributed by atoms with van der Waals surface area (Å²) in [4.78, 5) is 12.5. The van der Waals surface area contributed by atoms with Crippen LogP contribution < -0.4 is 5.32 Å². The minimum absolute atomic E-state index is 0.0607. The lowest BCUT2D eigenvalue weighted by molar-refractivity contribution is -0.110. The third-order valence-electron chi connectivity index (χ3n) is 5.19. The molecule has 1 aliphatic heterocycles. The number of anilines is 1. The summed E-state index contributed by atoms with van der Waals surface area (Å²) in [5.41, 5.74) is 6.28. The Bertz CT molecular complexity index is 863. The van der Waals surface area contributed by atoms with E-state index in [4.69, 9.17) is 16.0 Å². The van der Waals surface area contributed by atoms with E-state index in [9.17, 15) is 4.79 Å². The molecule has 0 saturated carbocycles. The highest BCUT2D eigenvalue weighted by molar-refractivity contribution is 6.34. The van der Waals surface area contributed by atoms with Crippen LogP contribution in [0.3, 0.4) is 0 Å². The molecule has 2 heterocycles. The zero-order chi connectivity index (χ0) is 17.4. The first kappa shape index (κ1) is 16.5. The number of amides is 1. The number of aryl methyl sites for hydroxylation is 2. The third kappa shape index (κ3) is 2.91. The van der Waals surface area contributed by atoms with Gasteiger partial charge in [-0.1, -0.05) is 13.0 Å². The molecule has 0 spiro atoms. The summed E-state index contributed by atoms with van der Waals surface area (Å²) in [5.74, 6) is 2.48. The van der Waals surface area contributed by atoms with Crippen LogP contribution in [-0.4, -0.2) is 11.8 Å². The number of hydrogen-bond acceptors (Lipinski definition) is 2. The molecule has 1 N–H and O–H groups in total. The Labute approximate surface area is 153 Å². The molecule has 2 aromatic rings. The van der Waals surface area contributed by atoms with E-state index in [1.54, 1.807) is 0 Å². The van der Waals surface area contributed by atoms with E-state index in [-0.39, 0.29) is 5.91 Å². The number of hydrogen-bond donors (Lipinski definition) is 1. The highest BCUT2D eigenvalue weighted by atomic mass is 35.5. The molecule has 0 saturated heterocycles. The van der Waals surface area contributed by atoms with E-state index >= 15 is 0 Å². The second kappa shape index (κ2) is 6.72. The van der Waals surface area contributed by atoms with Crippen LogP contribution in [0.1, 0.15) is 53.5 Å². The van der Waals surface area contributed by atoms with Crippen molar-refractivity contribution in [2.75, 3.05) is 11.2 Å². The molecule has 25 heavy (non-hydrogen) atoms. The molecule has 1 aromatic carbocycles. The maximum Gasteiger partial charge on any atom is 0.256 e. The molecule has 130 valence electrons. The first-order valence-electron chi connectivity index (χ1n) is 9.07. The van der Waals surface area contributed by atoms with Crippen LogP contribution in [0.5, 0.6) is 0 Å². The second-order valence-corrected chi connectivity index (χ2v) is 7.12. The monoisotopic (exact) mass is 355 g/mol. The number of alkyl halides is 1. The summed E-state index contributed by atoms with van der Waals surface area (Å²) >= 11 is 5.87. The van der Waals surface area contributed by atoms with E-state index in [2.05, 4.69) is 18.3 Å². The summed E-state index contributed by atoms with van der Waals surface area (Å²) in [6, 6.07) is 6.05. The van der Waals surface area contributed by atoms with Crippen LogP contribution >= 0.6 is 11.6 Å². The minimum atomic E-state index is -0.0607. The fraction of sp³-hybridized carbons (Fsp3) is 0.381. The van der Waals surface area contributed by atoms with Crippen molar-refractivity contribution < 1.29 is 9.21 Å². The van der Waals surface area contributed by atoms with Gasteiger partial charge in [0.1, 0.15) is 11.5 Å². The number of rotatable bonds is 4. The Balaban J connectivity index is 1.79. The predicted molar refractivity (Wildman–Crippen MR) is 102 cm³/mol. The van der Waals surface area contributed by atoms with Crippen molar-refractivity contribution in [3.8, 4) is 0 Å². The Hall–Kier alpha value is -2.00. The van der Waals surface area contributed by atoms with Crippen LogP contribution in [0.15, 0.2) is 22.6 Å². The molecule has 3 nitrogen and oxygen atoms in total. The highest BCUT2D eigenvalue weighted by Crippen LogP contribution is 2.37. The Morgan fingerprint density at radius 1 is 1.28 bits per heavy atom. The molecule has 4 rings (SSSR count). The predicted octanol–water partition coefficient (Wildman–Crippen LogP) is 4.99. The Kier molecular flexibility index (Phi) is 4.43. The highest BCUT2D eigenvalue weighted by Gasteiger charge is 2.27. The molecule has 0 bridgehead atoms. The summed E-state index contributed by atoms with van der Waals surface area (Å²) in [6.45, 7) is 2.16. The van der Waals surface area contributed by atoms with Gasteiger partial charge in [0, 0.05) is 29.1 Å². The van der Waals surface area contributed by atoms with Crippen molar-refractivity contribution in [3.05, 3.63) is 52.0 Å². The lowest BCUT2D eigenvalue weighted by Crippen LogP contribution is -2.03. The SMILES string of the molecule is CCc1c(C=C2C(=O)Nc3ccc(CCCl)cc32)oc2c1CCCC2. The molecule has 0 radical (unpaired) electrons. The van der Waals surface area contributed by atoms with E-state index < -0.39 is 0 Å². The minimum Gasteiger partial charge on any atom is -0.461 e. The van der Waals surface area contributed by atoms with Crippen LogP contribution in [0, 0.1) is 0 Å². The quantitative estimate of drug-likeness (QED) is 0.619. The van der Waals surface area contributed by atoms with Gasteiger partial charge < -0.3 is 9.73 Å². The molecular formula is C21H22ClNO2. The van der Waals surface area contributed by atoms with Gasteiger partial charge in [0.15, 0.2) is 0 Å². The van der Waals surface area contributed by atoms with Crippen molar-refractivity contribution in [2.45, 2.75) is 45.4 Å². The van der Waals surface area contributed by atoms with Gasteiger partial charge in [0.2, 0.25) is 0 Å². The van der Waals surface area contributed by atoms with Crippen LogP contribution in [-0.2, 0) is 30.5 Å². The Morgan fingerprint density at radius 3 is 2.92 bits per heavy atom. The standard InChI is InChI=1S/C21H22ClNO2/c1-2-14-15-5-3-4-6-19(15)25-20(14)12-17-16-11-13(9-10-22)7-8-18(16)23-21(17)24/h7-8,11-12H,2-6,9-10H2,1H3,(H,23,24).